The highest BCUT2D eigenvalue weighted by Gasteiger charge is 2.21. The summed E-state index contributed by atoms with van der Waals surface area (Å²) in [7, 11) is -3.84. The average Bonchev–Trinajstić information content (AvgIpc) is 2.76. The van der Waals surface area contributed by atoms with Gasteiger partial charge in [-0.2, -0.15) is 0 Å². The molecule has 0 saturated carbocycles. The summed E-state index contributed by atoms with van der Waals surface area (Å²) >= 11 is 18.7. The van der Waals surface area contributed by atoms with Gasteiger partial charge in [0.1, 0.15) is 4.21 Å². The molecule has 0 saturated heterocycles. The second-order valence-electron chi connectivity index (χ2n) is 4.18. The summed E-state index contributed by atoms with van der Waals surface area (Å²) in [5, 5.41) is 9.66. The first-order chi connectivity index (χ1) is 9.74. The molecule has 4 nitrogen and oxygen atoms in total. The van der Waals surface area contributed by atoms with Crippen molar-refractivity contribution in [3.05, 3.63) is 43.7 Å². The maximum atomic E-state index is 12.3. The van der Waals surface area contributed by atoms with E-state index in [-0.39, 0.29) is 26.5 Å². The molecule has 0 amide bonds. The second kappa shape index (κ2) is 6.32. The highest BCUT2D eigenvalue weighted by Crippen LogP contribution is 2.36. The molecule has 0 bridgehead atoms. The Balaban J connectivity index is 2.42. The van der Waals surface area contributed by atoms with Crippen LogP contribution in [0.15, 0.2) is 22.4 Å². The van der Waals surface area contributed by atoms with E-state index in [4.69, 9.17) is 39.9 Å². The number of sulfonamides is 1. The third-order valence-electron chi connectivity index (χ3n) is 2.65. The number of hydrogen-bond acceptors (Lipinski definition) is 4. The molecule has 2 aromatic rings. The first-order valence-electron chi connectivity index (χ1n) is 5.62. The molecule has 2 N–H and O–H groups in total. The summed E-state index contributed by atoms with van der Waals surface area (Å²) in [6.45, 7) is 1.51. The van der Waals surface area contributed by atoms with Crippen LogP contribution in [0.3, 0.4) is 0 Å². The smallest absolute Gasteiger partial charge is 0.271 e. The number of aliphatic hydroxyl groups excluding tert-OH is 1. The van der Waals surface area contributed by atoms with Gasteiger partial charge in [-0.25, -0.2) is 8.42 Å². The number of aryl methyl sites for hydroxylation is 1. The van der Waals surface area contributed by atoms with Gasteiger partial charge in [0.15, 0.2) is 0 Å². The molecule has 2 rings (SSSR count). The standard InChI is InChI=1S/C12H10Cl3NO3S2/c1-6-2-11(20-10(6)5-17)21(18,19)16-12-8(14)3-7(13)4-9(12)15/h2-4,16-17H,5H2,1H3. The van der Waals surface area contributed by atoms with E-state index in [0.717, 1.165) is 11.3 Å². The molecule has 1 heterocycles. The zero-order valence-electron chi connectivity index (χ0n) is 10.7. The van der Waals surface area contributed by atoms with Gasteiger partial charge in [-0.05, 0) is 30.7 Å². The summed E-state index contributed by atoms with van der Waals surface area (Å²) in [6, 6.07) is 4.27. The maximum Gasteiger partial charge on any atom is 0.271 e. The molecule has 9 heteroatoms. The van der Waals surface area contributed by atoms with Gasteiger partial charge in [0, 0.05) is 9.90 Å². The summed E-state index contributed by atoms with van der Waals surface area (Å²) in [5.41, 5.74) is 0.774. The third kappa shape index (κ3) is 3.64. The predicted octanol–water partition coefficient (Wildman–Crippen LogP) is 4.31. The Bertz CT molecular complexity index is 764. The van der Waals surface area contributed by atoms with E-state index in [1.165, 1.54) is 18.2 Å². The van der Waals surface area contributed by atoms with Gasteiger partial charge in [0.05, 0.1) is 22.3 Å². The van der Waals surface area contributed by atoms with Gasteiger partial charge in [-0.1, -0.05) is 34.8 Å². The first-order valence-corrected chi connectivity index (χ1v) is 9.05. The van der Waals surface area contributed by atoms with E-state index in [1.54, 1.807) is 6.92 Å². The topological polar surface area (TPSA) is 66.4 Å². The molecule has 0 fully saturated rings. The molecule has 0 aliphatic rings. The Morgan fingerprint density at radius 1 is 1.19 bits per heavy atom. The van der Waals surface area contributed by atoms with E-state index in [9.17, 15) is 8.42 Å². The molecule has 0 atom stereocenters. The number of benzene rings is 1. The Labute approximate surface area is 141 Å². The maximum absolute atomic E-state index is 12.3. The van der Waals surface area contributed by atoms with E-state index in [2.05, 4.69) is 4.72 Å². The minimum Gasteiger partial charge on any atom is -0.391 e. The molecule has 0 radical (unpaired) electrons. The van der Waals surface area contributed by atoms with Crippen molar-refractivity contribution in [2.24, 2.45) is 0 Å². The Morgan fingerprint density at radius 2 is 1.76 bits per heavy atom. The van der Waals surface area contributed by atoms with Crippen molar-refractivity contribution >= 4 is 61.9 Å². The van der Waals surface area contributed by atoms with Gasteiger partial charge in [0.2, 0.25) is 0 Å². The van der Waals surface area contributed by atoms with Crippen LogP contribution in [0, 0.1) is 6.92 Å². The van der Waals surface area contributed by atoms with Crippen LogP contribution in [0.2, 0.25) is 15.1 Å². The largest absolute Gasteiger partial charge is 0.391 e. The van der Waals surface area contributed by atoms with Crippen molar-refractivity contribution in [3.8, 4) is 0 Å². The minimum absolute atomic E-state index is 0.0688. The van der Waals surface area contributed by atoms with E-state index >= 15 is 0 Å². The molecular weight excluding hydrogens is 377 g/mol. The fourth-order valence-electron chi connectivity index (χ4n) is 1.60. The fraction of sp³-hybridized carbons (Fsp3) is 0.167. The number of hydrogen-bond donors (Lipinski definition) is 2. The summed E-state index contributed by atoms with van der Waals surface area (Å²) in [6.07, 6.45) is 0. The highest BCUT2D eigenvalue weighted by molar-refractivity contribution is 7.94. The summed E-state index contributed by atoms with van der Waals surface area (Å²) < 4.78 is 27.1. The zero-order chi connectivity index (χ0) is 15.8. The minimum atomic E-state index is -3.84. The lowest BCUT2D eigenvalue weighted by atomic mass is 10.3. The molecule has 0 spiro atoms. The van der Waals surface area contributed by atoms with Gasteiger partial charge in [-0.3, -0.25) is 4.72 Å². The van der Waals surface area contributed by atoms with Crippen molar-refractivity contribution in [2.45, 2.75) is 17.7 Å². The number of rotatable bonds is 4. The van der Waals surface area contributed by atoms with Crippen LogP contribution in [0.25, 0.3) is 0 Å². The van der Waals surface area contributed by atoms with Crippen LogP contribution >= 0.6 is 46.1 Å². The number of halogens is 3. The zero-order valence-corrected chi connectivity index (χ0v) is 14.6. The highest BCUT2D eigenvalue weighted by atomic mass is 35.5. The fourth-order valence-corrected chi connectivity index (χ4v) is 5.18. The van der Waals surface area contributed by atoms with Gasteiger partial charge in [0.25, 0.3) is 10.0 Å². The number of anilines is 1. The van der Waals surface area contributed by atoms with Crippen LogP contribution in [0.1, 0.15) is 10.4 Å². The SMILES string of the molecule is Cc1cc(S(=O)(=O)Nc2c(Cl)cc(Cl)cc2Cl)sc1CO. The van der Waals surface area contributed by atoms with Crippen LogP contribution in [-0.2, 0) is 16.6 Å². The van der Waals surface area contributed by atoms with Crippen LogP contribution < -0.4 is 4.72 Å². The molecule has 0 aliphatic heterocycles. The second-order valence-corrected chi connectivity index (χ2v) is 8.48. The Morgan fingerprint density at radius 3 is 2.24 bits per heavy atom. The van der Waals surface area contributed by atoms with E-state index in [1.807, 2.05) is 0 Å². The normalized spacial score (nSPS) is 11.7. The summed E-state index contributed by atoms with van der Waals surface area (Å²) in [5.74, 6) is 0. The van der Waals surface area contributed by atoms with E-state index < -0.39 is 10.0 Å². The quantitative estimate of drug-likeness (QED) is 0.823. The lowest BCUT2D eigenvalue weighted by Crippen LogP contribution is -2.12. The van der Waals surface area contributed by atoms with Gasteiger partial charge in [-0.15, -0.1) is 11.3 Å². The Kier molecular flexibility index (Phi) is 5.07. The molecule has 114 valence electrons. The van der Waals surface area contributed by atoms with Crippen LogP contribution in [0.4, 0.5) is 5.69 Å². The predicted molar refractivity (Wildman–Crippen MR) is 87.3 cm³/mol. The lowest BCUT2D eigenvalue weighted by Gasteiger charge is -2.10. The van der Waals surface area contributed by atoms with Crippen molar-refractivity contribution in [1.82, 2.24) is 0 Å². The Hall–Kier alpha value is -0.500. The number of thiophene rings is 1. The average molecular weight is 387 g/mol. The van der Waals surface area contributed by atoms with Crippen molar-refractivity contribution in [2.75, 3.05) is 4.72 Å². The van der Waals surface area contributed by atoms with Crippen molar-refractivity contribution in [1.29, 1.82) is 0 Å². The number of aliphatic hydroxyl groups is 1. The summed E-state index contributed by atoms with van der Waals surface area (Å²) in [4.78, 5) is 0.587. The van der Waals surface area contributed by atoms with Crippen molar-refractivity contribution in [3.63, 3.8) is 0 Å². The molecular formula is C12H10Cl3NO3S2. The molecule has 0 unspecified atom stereocenters. The van der Waals surface area contributed by atoms with Gasteiger partial charge < -0.3 is 5.11 Å². The lowest BCUT2D eigenvalue weighted by molar-refractivity contribution is 0.285. The van der Waals surface area contributed by atoms with Crippen LogP contribution in [-0.4, -0.2) is 13.5 Å². The number of nitrogens with one attached hydrogen (secondary N) is 1. The monoisotopic (exact) mass is 385 g/mol. The van der Waals surface area contributed by atoms with Crippen LogP contribution in [0.5, 0.6) is 0 Å². The molecule has 21 heavy (non-hydrogen) atoms. The molecule has 1 aromatic carbocycles. The van der Waals surface area contributed by atoms with Gasteiger partial charge >= 0.3 is 0 Å². The van der Waals surface area contributed by atoms with Crippen molar-refractivity contribution < 1.29 is 13.5 Å². The first kappa shape index (κ1) is 16.9. The molecule has 0 aliphatic carbocycles. The van der Waals surface area contributed by atoms with E-state index in [0.29, 0.717) is 15.5 Å². The molecule has 1 aromatic heterocycles. The third-order valence-corrected chi connectivity index (χ3v) is 6.51.